The van der Waals surface area contributed by atoms with Gasteiger partial charge in [0.25, 0.3) is 0 Å². The molecule has 0 saturated carbocycles. The largest absolute Gasteiger partial charge is 0.324 e. The van der Waals surface area contributed by atoms with Gasteiger partial charge >= 0.3 is 6.03 Å². The number of aromatic nitrogens is 4. The molecule has 3 aromatic heterocycles. The van der Waals surface area contributed by atoms with Crippen molar-refractivity contribution in [2.24, 2.45) is 0 Å². The molecule has 2 amide bonds. The molecular formula is C21H24N6OS. The molecule has 0 atom stereocenters. The number of hydrogen-bond acceptors (Lipinski definition) is 5. The molecule has 0 bridgehead atoms. The predicted molar refractivity (Wildman–Crippen MR) is 114 cm³/mol. The number of carbonyl (C=O) groups excluding carboxylic acids is 1. The van der Waals surface area contributed by atoms with E-state index in [4.69, 9.17) is 10.1 Å². The van der Waals surface area contributed by atoms with E-state index in [-0.39, 0.29) is 12.1 Å². The number of likely N-dealkylation sites (tertiary alicyclic amines) is 1. The van der Waals surface area contributed by atoms with Crippen LogP contribution in [-0.2, 0) is 12.8 Å². The molecule has 3 aromatic rings. The summed E-state index contributed by atoms with van der Waals surface area (Å²) in [6.45, 7) is 7.94. The van der Waals surface area contributed by atoms with Crippen molar-refractivity contribution < 1.29 is 4.79 Å². The van der Waals surface area contributed by atoms with Crippen molar-refractivity contribution in [3.05, 3.63) is 35.3 Å². The van der Waals surface area contributed by atoms with Crippen LogP contribution in [0.15, 0.2) is 18.3 Å². The number of aryl methyl sites for hydroxylation is 2. The van der Waals surface area contributed by atoms with E-state index >= 15 is 0 Å². The molecule has 4 heterocycles. The number of nitrogens with zero attached hydrogens (tertiary/aromatic N) is 5. The monoisotopic (exact) mass is 408 g/mol. The maximum atomic E-state index is 12.3. The van der Waals surface area contributed by atoms with Gasteiger partial charge in [-0.05, 0) is 52.2 Å². The highest BCUT2D eigenvalue weighted by atomic mass is 32.1. The van der Waals surface area contributed by atoms with Gasteiger partial charge < -0.3 is 4.90 Å². The van der Waals surface area contributed by atoms with Gasteiger partial charge in [0.15, 0.2) is 5.13 Å². The van der Waals surface area contributed by atoms with Crippen molar-refractivity contribution in [1.29, 1.82) is 0 Å². The number of anilines is 1. The molecule has 0 aromatic carbocycles. The minimum atomic E-state index is -0.0497. The topological polar surface area (TPSA) is 75.9 Å². The van der Waals surface area contributed by atoms with E-state index in [1.165, 1.54) is 5.56 Å². The first kappa shape index (κ1) is 18.3. The molecule has 8 heteroatoms. The summed E-state index contributed by atoms with van der Waals surface area (Å²) in [5, 5.41) is 8.63. The third-order valence-corrected chi connectivity index (χ3v) is 6.58. The lowest BCUT2D eigenvalue weighted by atomic mass is 9.95. The number of hydrogen-bond donors (Lipinski definition) is 1. The van der Waals surface area contributed by atoms with Crippen LogP contribution in [-0.4, -0.2) is 43.8 Å². The summed E-state index contributed by atoms with van der Waals surface area (Å²) in [5.74, 6) is 0. The molecule has 0 radical (unpaired) electrons. The predicted octanol–water partition coefficient (Wildman–Crippen LogP) is 4.29. The Morgan fingerprint density at radius 2 is 2.07 bits per heavy atom. The number of thiazole rings is 1. The highest BCUT2D eigenvalue weighted by Gasteiger charge is 2.30. The van der Waals surface area contributed by atoms with E-state index in [0.717, 1.165) is 65.6 Å². The van der Waals surface area contributed by atoms with Crippen LogP contribution in [0, 0.1) is 6.92 Å². The Kier molecular flexibility index (Phi) is 4.38. The third-order valence-electron chi connectivity index (χ3n) is 5.56. The standard InChI is InChI=1S/C21H24N6OS/c1-12(2)27-18-15(17(25-27)14-6-5-13(3)22-11-14)7-8-16-19(18)29-20(23-16)24-21(28)26-9-4-10-26/h5-6,11-12H,4,7-10H2,1-3H3,(H,23,24,28). The smallest absolute Gasteiger partial charge is 0.323 e. The van der Waals surface area contributed by atoms with Gasteiger partial charge in [0.1, 0.15) is 0 Å². The highest BCUT2D eigenvalue weighted by molar-refractivity contribution is 7.19. The number of pyridine rings is 1. The van der Waals surface area contributed by atoms with Gasteiger partial charge in [0.05, 0.1) is 22.0 Å². The number of carbonyl (C=O) groups is 1. The van der Waals surface area contributed by atoms with Crippen LogP contribution in [0.4, 0.5) is 9.93 Å². The van der Waals surface area contributed by atoms with Gasteiger partial charge in [-0.1, -0.05) is 11.3 Å². The Labute approximate surface area is 173 Å². The lowest BCUT2D eigenvalue weighted by Gasteiger charge is -2.30. The molecule has 1 aliphatic carbocycles. The van der Waals surface area contributed by atoms with Crippen LogP contribution in [0.5, 0.6) is 0 Å². The summed E-state index contributed by atoms with van der Waals surface area (Å²) in [6, 6.07) is 4.30. The maximum Gasteiger partial charge on any atom is 0.323 e. The molecule has 1 saturated heterocycles. The van der Waals surface area contributed by atoms with Crippen molar-refractivity contribution in [1.82, 2.24) is 24.6 Å². The van der Waals surface area contributed by atoms with E-state index in [1.54, 1.807) is 11.3 Å². The lowest BCUT2D eigenvalue weighted by Crippen LogP contribution is -2.44. The number of nitrogens with one attached hydrogen (secondary N) is 1. The molecule has 5 rings (SSSR count). The normalized spacial score (nSPS) is 15.1. The molecule has 150 valence electrons. The zero-order chi connectivity index (χ0) is 20.1. The fourth-order valence-electron chi connectivity index (χ4n) is 3.85. The molecule has 1 aliphatic heterocycles. The third kappa shape index (κ3) is 3.11. The Hall–Kier alpha value is -2.74. The number of amides is 2. The van der Waals surface area contributed by atoms with Crippen molar-refractivity contribution in [2.75, 3.05) is 18.4 Å². The van der Waals surface area contributed by atoms with Gasteiger partial charge in [0, 0.05) is 42.1 Å². The molecule has 1 fully saturated rings. The fraction of sp³-hybridized carbons (Fsp3) is 0.429. The Morgan fingerprint density at radius 1 is 1.24 bits per heavy atom. The zero-order valence-electron chi connectivity index (χ0n) is 16.9. The Bertz CT molecular complexity index is 1080. The van der Waals surface area contributed by atoms with Crippen LogP contribution < -0.4 is 5.32 Å². The van der Waals surface area contributed by atoms with Gasteiger partial charge in [-0.3, -0.25) is 15.0 Å². The van der Waals surface area contributed by atoms with Crippen LogP contribution >= 0.6 is 11.3 Å². The van der Waals surface area contributed by atoms with Crippen LogP contribution in [0.25, 0.3) is 21.8 Å². The highest BCUT2D eigenvalue weighted by Crippen LogP contribution is 2.44. The van der Waals surface area contributed by atoms with Crippen molar-refractivity contribution in [3.63, 3.8) is 0 Å². The van der Waals surface area contributed by atoms with Crippen molar-refractivity contribution in [3.8, 4) is 21.8 Å². The molecule has 1 N–H and O–H groups in total. The SMILES string of the molecule is Cc1ccc(-c2nn(C(C)C)c3c2CCc2nc(NC(=O)N4CCC4)sc2-3)cn1. The average molecular weight is 409 g/mol. The maximum absolute atomic E-state index is 12.3. The molecule has 29 heavy (non-hydrogen) atoms. The second-order valence-corrected chi connectivity index (χ2v) is 8.97. The number of fused-ring (bicyclic) bond motifs is 3. The summed E-state index contributed by atoms with van der Waals surface area (Å²) >= 11 is 1.55. The average Bonchev–Trinajstić information content (AvgIpc) is 3.21. The number of rotatable bonds is 3. The first-order valence-corrected chi connectivity index (χ1v) is 10.9. The molecule has 0 spiro atoms. The van der Waals surface area contributed by atoms with Crippen LogP contribution in [0.2, 0.25) is 0 Å². The van der Waals surface area contributed by atoms with Gasteiger partial charge in [-0.25, -0.2) is 9.78 Å². The Balaban J connectivity index is 1.56. The zero-order valence-corrected chi connectivity index (χ0v) is 17.7. The summed E-state index contributed by atoms with van der Waals surface area (Å²) in [6.07, 6.45) is 4.73. The van der Waals surface area contributed by atoms with Crippen LogP contribution in [0.1, 0.15) is 43.3 Å². The van der Waals surface area contributed by atoms with Crippen molar-refractivity contribution >= 4 is 22.5 Å². The first-order valence-electron chi connectivity index (χ1n) is 10.1. The minimum absolute atomic E-state index is 0.0497. The van der Waals surface area contributed by atoms with Crippen LogP contribution in [0.3, 0.4) is 0 Å². The first-order chi connectivity index (χ1) is 14.0. The Morgan fingerprint density at radius 3 is 2.72 bits per heavy atom. The minimum Gasteiger partial charge on any atom is -0.324 e. The molecular weight excluding hydrogens is 384 g/mol. The fourth-order valence-corrected chi connectivity index (χ4v) is 4.92. The summed E-state index contributed by atoms with van der Waals surface area (Å²) in [4.78, 5) is 24.4. The lowest BCUT2D eigenvalue weighted by molar-refractivity contribution is 0.181. The summed E-state index contributed by atoms with van der Waals surface area (Å²) in [7, 11) is 0. The quantitative estimate of drug-likeness (QED) is 0.701. The summed E-state index contributed by atoms with van der Waals surface area (Å²) < 4.78 is 2.10. The van der Waals surface area contributed by atoms with E-state index in [1.807, 2.05) is 24.1 Å². The van der Waals surface area contributed by atoms with Crippen molar-refractivity contribution in [2.45, 2.75) is 46.1 Å². The second-order valence-electron chi connectivity index (χ2n) is 7.97. The van der Waals surface area contributed by atoms with Gasteiger partial charge in [-0.15, -0.1) is 0 Å². The molecule has 7 nitrogen and oxygen atoms in total. The second kappa shape index (κ2) is 6.95. The van der Waals surface area contributed by atoms with Gasteiger partial charge in [-0.2, -0.15) is 5.10 Å². The summed E-state index contributed by atoms with van der Waals surface area (Å²) in [5.41, 5.74) is 6.49. The van der Waals surface area contributed by atoms with E-state index in [0.29, 0.717) is 5.13 Å². The van der Waals surface area contributed by atoms with E-state index < -0.39 is 0 Å². The molecule has 2 aliphatic rings. The number of urea groups is 1. The molecule has 0 unspecified atom stereocenters. The van der Waals surface area contributed by atoms with Gasteiger partial charge in [0.2, 0.25) is 0 Å². The van der Waals surface area contributed by atoms with E-state index in [9.17, 15) is 4.79 Å². The van der Waals surface area contributed by atoms with E-state index in [2.05, 4.69) is 34.9 Å².